The van der Waals surface area contributed by atoms with Crippen LogP contribution in [0.4, 0.5) is 4.39 Å². The van der Waals surface area contributed by atoms with E-state index < -0.39 is 10.1 Å². The molecular weight excluding hydrogens is 135 g/mol. The van der Waals surface area contributed by atoms with Crippen molar-refractivity contribution < 1.29 is 17.0 Å². The molecule has 0 amide bonds. The number of halogens is 1. The van der Waals surface area contributed by atoms with Gasteiger partial charge in [0.25, 0.3) is 0 Å². The highest BCUT2D eigenvalue weighted by Crippen LogP contribution is 1.86. The van der Waals surface area contributed by atoms with Crippen LogP contribution >= 0.6 is 0 Å². The van der Waals surface area contributed by atoms with Gasteiger partial charge in [0.2, 0.25) is 0 Å². The van der Waals surface area contributed by atoms with E-state index in [9.17, 15) is 12.8 Å². The largest absolute Gasteiger partial charge is 0.388 e. The Labute approximate surface area is 46.9 Å². The van der Waals surface area contributed by atoms with Crippen LogP contribution in [0, 0.1) is 0 Å². The Bertz CT molecular complexity index is 169. The number of rotatable bonds is 2. The van der Waals surface area contributed by atoms with Crippen LogP contribution in [-0.4, -0.2) is 14.7 Å². The van der Waals surface area contributed by atoms with Crippen molar-refractivity contribution in [2.45, 2.75) is 0 Å². The average Bonchev–Trinajstić information content (AvgIpc) is 1.59. The molecule has 0 aromatic rings. The fourth-order valence-electron chi connectivity index (χ4n) is 0.122. The fraction of sp³-hybridized carbons (Fsp3) is 0.333. The lowest BCUT2D eigenvalue weighted by Gasteiger charge is -1.89. The fourth-order valence-corrected chi connectivity index (χ4v) is 0.366. The minimum atomic E-state index is -3.51. The second-order valence-electron chi connectivity index (χ2n) is 1.06. The van der Waals surface area contributed by atoms with Gasteiger partial charge in [-0.05, 0) is 0 Å². The maximum absolute atomic E-state index is 11.0. The summed E-state index contributed by atoms with van der Waals surface area (Å²) in [5.41, 5.74) is 0. The van der Waals surface area contributed by atoms with Gasteiger partial charge in [-0.3, -0.25) is 0 Å². The van der Waals surface area contributed by atoms with Gasteiger partial charge in [-0.1, -0.05) is 0 Å². The van der Waals surface area contributed by atoms with Crippen LogP contribution in [0.5, 0.6) is 0 Å². The third-order valence-corrected chi connectivity index (χ3v) is 0.742. The molecule has 0 fully saturated rings. The van der Waals surface area contributed by atoms with Crippen molar-refractivity contribution in [3.05, 3.63) is 12.6 Å². The SMILES string of the molecule is CS(=O)(=O)OC=CF. The van der Waals surface area contributed by atoms with Crippen LogP contribution in [-0.2, 0) is 14.3 Å². The molecule has 0 N–H and O–H groups in total. The maximum atomic E-state index is 11.0. The van der Waals surface area contributed by atoms with Crippen LogP contribution in [0.1, 0.15) is 0 Å². The Balaban J connectivity index is 3.76. The van der Waals surface area contributed by atoms with Gasteiger partial charge >= 0.3 is 10.1 Å². The Morgan fingerprint density at radius 2 is 2.12 bits per heavy atom. The Kier molecular flexibility index (Phi) is 2.47. The summed E-state index contributed by atoms with van der Waals surface area (Å²) in [6, 6.07) is 0. The van der Waals surface area contributed by atoms with Crippen molar-refractivity contribution in [3.8, 4) is 0 Å². The molecule has 0 bridgehead atoms. The molecule has 0 rings (SSSR count). The lowest BCUT2D eigenvalue weighted by atomic mass is 11.1. The zero-order valence-corrected chi connectivity index (χ0v) is 4.98. The molecule has 3 nitrogen and oxygen atoms in total. The third-order valence-electron chi connectivity index (χ3n) is 0.282. The first-order valence-corrected chi connectivity index (χ1v) is 3.51. The Morgan fingerprint density at radius 3 is 2.25 bits per heavy atom. The van der Waals surface area contributed by atoms with E-state index in [1.807, 2.05) is 0 Å². The van der Waals surface area contributed by atoms with E-state index in [0.29, 0.717) is 6.26 Å². The third kappa shape index (κ3) is 5.42. The van der Waals surface area contributed by atoms with E-state index in [2.05, 4.69) is 4.18 Å². The Hall–Kier alpha value is -0.580. The maximum Gasteiger partial charge on any atom is 0.305 e. The quantitative estimate of drug-likeness (QED) is 0.412. The minimum Gasteiger partial charge on any atom is -0.388 e. The molecule has 0 saturated heterocycles. The highest BCUT2D eigenvalue weighted by molar-refractivity contribution is 7.86. The minimum absolute atomic E-state index is 0.00104. The Morgan fingerprint density at radius 1 is 1.62 bits per heavy atom. The molecule has 0 unspecified atom stereocenters. The van der Waals surface area contributed by atoms with E-state index in [0.717, 1.165) is 6.26 Å². The highest BCUT2D eigenvalue weighted by Gasteiger charge is 1.94. The van der Waals surface area contributed by atoms with Gasteiger partial charge in [0.15, 0.2) is 0 Å². The van der Waals surface area contributed by atoms with Gasteiger partial charge in [0.05, 0.1) is 6.26 Å². The van der Waals surface area contributed by atoms with Crippen molar-refractivity contribution in [1.29, 1.82) is 0 Å². The van der Waals surface area contributed by atoms with Gasteiger partial charge in [0.1, 0.15) is 12.6 Å². The van der Waals surface area contributed by atoms with E-state index >= 15 is 0 Å². The topological polar surface area (TPSA) is 43.4 Å². The molecule has 0 aliphatic rings. The van der Waals surface area contributed by atoms with E-state index in [1.165, 1.54) is 0 Å². The molecule has 0 aliphatic carbocycles. The zero-order chi connectivity index (χ0) is 6.62. The molecule has 0 radical (unpaired) electrons. The van der Waals surface area contributed by atoms with Gasteiger partial charge < -0.3 is 4.18 Å². The monoisotopic (exact) mass is 140 g/mol. The van der Waals surface area contributed by atoms with Crippen LogP contribution in [0.3, 0.4) is 0 Å². The zero-order valence-electron chi connectivity index (χ0n) is 4.17. The number of hydrogen-bond donors (Lipinski definition) is 0. The van der Waals surface area contributed by atoms with Crippen LogP contribution < -0.4 is 0 Å². The molecule has 0 spiro atoms. The van der Waals surface area contributed by atoms with Crippen molar-refractivity contribution in [2.75, 3.05) is 6.26 Å². The average molecular weight is 140 g/mol. The second-order valence-corrected chi connectivity index (χ2v) is 2.66. The molecule has 0 saturated carbocycles. The molecule has 0 atom stereocenters. The first-order chi connectivity index (χ1) is 3.56. The first kappa shape index (κ1) is 7.42. The molecule has 48 valence electrons. The normalized spacial score (nSPS) is 12.2. The van der Waals surface area contributed by atoms with E-state index in [1.54, 1.807) is 0 Å². The lowest BCUT2D eigenvalue weighted by Crippen LogP contribution is -1.95. The van der Waals surface area contributed by atoms with Crippen molar-refractivity contribution >= 4 is 10.1 Å². The summed E-state index contributed by atoms with van der Waals surface area (Å²) < 4.78 is 34.6. The first-order valence-electron chi connectivity index (χ1n) is 1.70. The smallest absolute Gasteiger partial charge is 0.305 e. The summed E-state index contributed by atoms with van der Waals surface area (Å²) in [5, 5.41) is 0. The van der Waals surface area contributed by atoms with Gasteiger partial charge in [-0.25, -0.2) is 4.39 Å². The van der Waals surface area contributed by atoms with Gasteiger partial charge in [-0.2, -0.15) is 8.42 Å². The summed E-state index contributed by atoms with van der Waals surface area (Å²) in [6.07, 6.45) is 1.28. The summed E-state index contributed by atoms with van der Waals surface area (Å²) >= 11 is 0. The summed E-state index contributed by atoms with van der Waals surface area (Å²) in [6.45, 7) is 0. The van der Waals surface area contributed by atoms with E-state index in [-0.39, 0.29) is 6.33 Å². The molecular formula is C3H5FO3S. The number of hydrogen-bond acceptors (Lipinski definition) is 3. The van der Waals surface area contributed by atoms with Gasteiger partial charge in [0, 0.05) is 0 Å². The van der Waals surface area contributed by atoms with Crippen LogP contribution in [0.15, 0.2) is 12.6 Å². The molecule has 0 aliphatic heterocycles. The van der Waals surface area contributed by atoms with Crippen molar-refractivity contribution in [2.24, 2.45) is 0 Å². The predicted molar refractivity (Wildman–Crippen MR) is 26.2 cm³/mol. The summed E-state index contributed by atoms with van der Waals surface area (Å²) in [4.78, 5) is 0. The second kappa shape index (κ2) is 2.66. The van der Waals surface area contributed by atoms with Gasteiger partial charge in [-0.15, -0.1) is 0 Å². The summed E-state index contributed by atoms with van der Waals surface area (Å²) in [5.74, 6) is 0. The predicted octanol–water partition coefficient (Wildman–Crippen LogP) is 0.403. The lowest BCUT2D eigenvalue weighted by molar-refractivity contribution is 0.441. The molecule has 0 aromatic carbocycles. The standard InChI is InChI=1S/C3H5FO3S/c1-8(5,6)7-3-2-4/h2-3H,1H3. The molecule has 0 heterocycles. The summed E-state index contributed by atoms with van der Waals surface area (Å²) in [7, 11) is -3.51. The van der Waals surface area contributed by atoms with Crippen molar-refractivity contribution in [3.63, 3.8) is 0 Å². The van der Waals surface area contributed by atoms with E-state index in [4.69, 9.17) is 0 Å². The van der Waals surface area contributed by atoms with Crippen molar-refractivity contribution in [1.82, 2.24) is 0 Å². The van der Waals surface area contributed by atoms with Crippen LogP contribution in [0.25, 0.3) is 0 Å². The highest BCUT2D eigenvalue weighted by atomic mass is 32.2. The molecule has 0 aromatic heterocycles. The van der Waals surface area contributed by atoms with Crippen LogP contribution in [0.2, 0.25) is 0 Å². The molecule has 8 heavy (non-hydrogen) atoms. The molecule has 5 heteroatoms.